The van der Waals surface area contributed by atoms with Crippen LogP contribution in [0.2, 0.25) is 0 Å². The molecule has 1 aliphatic rings. The van der Waals surface area contributed by atoms with Crippen LogP contribution in [0, 0.1) is 15.5 Å². The maximum atomic E-state index is 12.3. The van der Waals surface area contributed by atoms with Crippen LogP contribution in [0.3, 0.4) is 0 Å². The van der Waals surface area contributed by atoms with Gasteiger partial charge in [-0.15, -0.1) is 12.4 Å². The molecule has 1 aromatic carbocycles. The van der Waals surface area contributed by atoms with Gasteiger partial charge in [-0.3, -0.25) is 10.1 Å². The molecule has 0 unspecified atom stereocenters. The first-order chi connectivity index (χ1) is 10.2. The van der Waals surface area contributed by atoms with E-state index in [0.717, 1.165) is 25.9 Å². The highest BCUT2D eigenvalue weighted by molar-refractivity contribution is 9.10. The molecule has 0 spiro atoms. The lowest BCUT2D eigenvalue weighted by Gasteiger charge is -2.34. The highest BCUT2D eigenvalue weighted by Crippen LogP contribution is 2.29. The summed E-state index contributed by atoms with van der Waals surface area (Å²) in [5.74, 6) is 0. The molecule has 0 radical (unpaired) electrons. The first kappa shape index (κ1) is 20.3. The van der Waals surface area contributed by atoms with Crippen molar-refractivity contribution in [1.82, 2.24) is 10.0 Å². The van der Waals surface area contributed by atoms with E-state index in [4.69, 9.17) is 0 Å². The van der Waals surface area contributed by atoms with Crippen molar-refractivity contribution in [1.29, 1.82) is 0 Å². The Balaban J connectivity index is 0.00000264. The second-order valence-corrected chi connectivity index (χ2v) is 8.38. The van der Waals surface area contributed by atoms with Gasteiger partial charge in [0.1, 0.15) is 0 Å². The van der Waals surface area contributed by atoms with Gasteiger partial charge < -0.3 is 5.32 Å². The van der Waals surface area contributed by atoms with Gasteiger partial charge in [0.25, 0.3) is 5.69 Å². The molecule has 1 fully saturated rings. The first-order valence-corrected chi connectivity index (χ1v) is 9.15. The fourth-order valence-corrected chi connectivity index (χ4v) is 4.26. The van der Waals surface area contributed by atoms with Gasteiger partial charge in [-0.1, -0.05) is 6.92 Å². The van der Waals surface area contributed by atoms with Crippen LogP contribution in [0.1, 0.15) is 19.8 Å². The SMILES string of the molecule is CC1(CNS(=O)(=O)c2ccc([N+](=O)[O-])c(Br)c2)CCNCC1.Cl. The van der Waals surface area contributed by atoms with E-state index in [1.807, 2.05) is 0 Å². The molecular weight excluding hydrogens is 410 g/mol. The minimum atomic E-state index is -3.69. The third kappa shape index (κ3) is 5.12. The molecule has 7 nitrogen and oxygen atoms in total. The Morgan fingerprint density at radius 2 is 2.00 bits per heavy atom. The fraction of sp³-hybridized carbons (Fsp3) is 0.538. The van der Waals surface area contributed by atoms with Gasteiger partial charge in [-0.05, 0) is 59.4 Å². The van der Waals surface area contributed by atoms with E-state index < -0.39 is 14.9 Å². The van der Waals surface area contributed by atoms with Crippen molar-refractivity contribution in [2.24, 2.45) is 5.41 Å². The van der Waals surface area contributed by atoms with Gasteiger partial charge in [0, 0.05) is 12.6 Å². The average molecular weight is 429 g/mol. The van der Waals surface area contributed by atoms with Crippen molar-refractivity contribution >= 4 is 44.0 Å². The van der Waals surface area contributed by atoms with Crippen molar-refractivity contribution in [2.45, 2.75) is 24.7 Å². The summed E-state index contributed by atoms with van der Waals surface area (Å²) in [4.78, 5) is 10.2. The molecule has 1 saturated heterocycles. The quantitative estimate of drug-likeness (QED) is 0.554. The summed E-state index contributed by atoms with van der Waals surface area (Å²) in [5.41, 5.74) is -0.236. The number of sulfonamides is 1. The summed E-state index contributed by atoms with van der Waals surface area (Å²) >= 11 is 3.04. The molecule has 0 saturated carbocycles. The van der Waals surface area contributed by atoms with Crippen LogP contribution in [0.15, 0.2) is 27.6 Å². The Hall–Kier alpha value is -0.740. The van der Waals surface area contributed by atoms with Crippen LogP contribution >= 0.6 is 28.3 Å². The summed E-state index contributed by atoms with van der Waals surface area (Å²) in [6, 6.07) is 3.69. The van der Waals surface area contributed by atoms with E-state index in [-0.39, 0.29) is 32.9 Å². The maximum absolute atomic E-state index is 12.3. The van der Waals surface area contributed by atoms with E-state index in [9.17, 15) is 18.5 Å². The molecule has 0 amide bonds. The molecule has 1 heterocycles. The fourth-order valence-electron chi connectivity index (χ4n) is 2.36. The van der Waals surface area contributed by atoms with Crippen molar-refractivity contribution in [2.75, 3.05) is 19.6 Å². The second-order valence-electron chi connectivity index (χ2n) is 5.76. The van der Waals surface area contributed by atoms with Crippen molar-refractivity contribution in [3.63, 3.8) is 0 Å². The zero-order chi connectivity index (χ0) is 16.4. The maximum Gasteiger partial charge on any atom is 0.283 e. The van der Waals surface area contributed by atoms with Gasteiger partial charge in [-0.2, -0.15) is 0 Å². The van der Waals surface area contributed by atoms with E-state index >= 15 is 0 Å². The third-order valence-electron chi connectivity index (χ3n) is 3.93. The van der Waals surface area contributed by atoms with E-state index in [0.29, 0.717) is 6.54 Å². The highest BCUT2D eigenvalue weighted by atomic mass is 79.9. The summed E-state index contributed by atoms with van der Waals surface area (Å²) in [6.45, 7) is 4.16. The Labute approximate surface area is 150 Å². The molecule has 130 valence electrons. The van der Waals surface area contributed by atoms with Gasteiger partial charge >= 0.3 is 0 Å². The minimum absolute atomic E-state index is 0. The van der Waals surface area contributed by atoms with Gasteiger partial charge in [-0.25, -0.2) is 13.1 Å². The molecule has 0 aliphatic carbocycles. The number of hydrogen-bond acceptors (Lipinski definition) is 5. The minimum Gasteiger partial charge on any atom is -0.317 e. The lowest BCUT2D eigenvalue weighted by atomic mass is 9.81. The smallest absolute Gasteiger partial charge is 0.283 e. The second kappa shape index (κ2) is 7.89. The van der Waals surface area contributed by atoms with Gasteiger partial charge in [0.15, 0.2) is 0 Å². The predicted octanol–water partition coefficient (Wildman–Crippen LogP) is 2.45. The number of nitrogens with zero attached hydrogens (tertiary/aromatic N) is 1. The third-order valence-corrected chi connectivity index (χ3v) is 5.96. The Morgan fingerprint density at radius 3 is 2.52 bits per heavy atom. The summed E-state index contributed by atoms with van der Waals surface area (Å²) in [6.07, 6.45) is 1.80. The molecular formula is C13H19BrClN3O4S. The lowest BCUT2D eigenvalue weighted by molar-refractivity contribution is -0.385. The van der Waals surface area contributed by atoms with Crippen LogP contribution in [0.4, 0.5) is 5.69 Å². The zero-order valence-electron chi connectivity index (χ0n) is 12.5. The molecule has 1 aromatic rings. The number of nitro groups is 1. The average Bonchev–Trinajstić information content (AvgIpc) is 2.46. The van der Waals surface area contributed by atoms with Crippen LogP contribution < -0.4 is 10.0 Å². The monoisotopic (exact) mass is 427 g/mol. The van der Waals surface area contributed by atoms with Crippen molar-refractivity contribution in [3.05, 3.63) is 32.8 Å². The van der Waals surface area contributed by atoms with Gasteiger partial charge in [0.05, 0.1) is 14.3 Å². The molecule has 2 rings (SSSR count). The Kier molecular flexibility index (Phi) is 6.96. The number of nitro benzene ring substituents is 1. The number of nitrogens with one attached hydrogen (secondary N) is 2. The van der Waals surface area contributed by atoms with Crippen LogP contribution in [0.5, 0.6) is 0 Å². The van der Waals surface area contributed by atoms with Crippen LogP contribution in [-0.2, 0) is 10.0 Å². The zero-order valence-corrected chi connectivity index (χ0v) is 15.8. The number of hydrogen-bond donors (Lipinski definition) is 2. The first-order valence-electron chi connectivity index (χ1n) is 6.88. The number of piperidine rings is 1. The molecule has 0 aromatic heterocycles. The van der Waals surface area contributed by atoms with E-state index in [1.54, 1.807) is 0 Å². The van der Waals surface area contributed by atoms with Crippen LogP contribution in [0.25, 0.3) is 0 Å². The normalized spacial score (nSPS) is 17.3. The Bertz CT molecular complexity index is 678. The molecule has 0 atom stereocenters. The van der Waals surface area contributed by atoms with E-state index in [1.165, 1.54) is 18.2 Å². The van der Waals surface area contributed by atoms with Gasteiger partial charge in [0.2, 0.25) is 10.0 Å². The summed E-state index contributed by atoms with van der Waals surface area (Å²) in [5, 5.41) is 14.0. The Morgan fingerprint density at radius 1 is 1.39 bits per heavy atom. The summed E-state index contributed by atoms with van der Waals surface area (Å²) < 4.78 is 27.4. The number of halogens is 2. The van der Waals surface area contributed by atoms with Crippen LogP contribution in [-0.4, -0.2) is 33.0 Å². The lowest BCUT2D eigenvalue weighted by Crippen LogP contribution is -2.42. The number of benzene rings is 1. The molecule has 2 N–H and O–H groups in total. The highest BCUT2D eigenvalue weighted by Gasteiger charge is 2.29. The molecule has 1 aliphatic heterocycles. The standard InChI is InChI=1S/C13H18BrN3O4S.ClH/c1-13(4-6-15-7-5-13)9-16-22(20,21)10-2-3-12(17(18)19)11(14)8-10;/h2-3,8,15-16H,4-7,9H2,1H3;1H. The molecule has 10 heteroatoms. The molecule has 0 bridgehead atoms. The summed E-state index contributed by atoms with van der Waals surface area (Å²) in [7, 11) is -3.69. The van der Waals surface area contributed by atoms with Crippen molar-refractivity contribution in [3.8, 4) is 0 Å². The predicted molar refractivity (Wildman–Crippen MR) is 93.4 cm³/mol. The number of rotatable bonds is 5. The topological polar surface area (TPSA) is 101 Å². The van der Waals surface area contributed by atoms with Crippen molar-refractivity contribution < 1.29 is 13.3 Å². The largest absolute Gasteiger partial charge is 0.317 e. The van der Waals surface area contributed by atoms with E-state index in [2.05, 4.69) is 32.9 Å². The molecule has 23 heavy (non-hydrogen) atoms.